The van der Waals surface area contributed by atoms with Crippen molar-refractivity contribution in [1.29, 1.82) is 0 Å². The van der Waals surface area contributed by atoms with Gasteiger partial charge in [0.05, 0.1) is 6.26 Å². The van der Waals surface area contributed by atoms with Crippen molar-refractivity contribution in [1.82, 2.24) is 15.0 Å². The normalized spacial score (nSPS) is 13.0. The van der Waals surface area contributed by atoms with Gasteiger partial charge < -0.3 is 9.52 Å². The molecule has 0 saturated heterocycles. The molecule has 5 nitrogen and oxygen atoms in total. The SMILES string of the molecule is Oc1ccoc1/C=C/c1nc(C(Cl)(Cl)Cl)nc(C(Cl)(Cl)Cl)n1. The summed E-state index contributed by atoms with van der Waals surface area (Å²) in [6.45, 7) is 0. The number of alkyl halides is 6. The molecular weight excluding hydrogens is 419 g/mol. The highest BCUT2D eigenvalue weighted by molar-refractivity contribution is 6.67. The molecule has 0 bridgehead atoms. The Balaban J connectivity index is 2.47. The van der Waals surface area contributed by atoms with E-state index in [0.717, 1.165) is 0 Å². The summed E-state index contributed by atoms with van der Waals surface area (Å²) >= 11 is 34.5. The van der Waals surface area contributed by atoms with Crippen LogP contribution in [0.5, 0.6) is 5.75 Å². The maximum absolute atomic E-state index is 9.47. The molecule has 1 N–H and O–H groups in total. The van der Waals surface area contributed by atoms with Crippen LogP contribution in [0.4, 0.5) is 0 Å². The molecule has 0 aliphatic rings. The van der Waals surface area contributed by atoms with Crippen molar-refractivity contribution in [3.8, 4) is 5.75 Å². The van der Waals surface area contributed by atoms with Gasteiger partial charge >= 0.3 is 0 Å². The second kappa shape index (κ2) is 6.59. The van der Waals surface area contributed by atoms with Crippen molar-refractivity contribution in [2.24, 2.45) is 0 Å². The van der Waals surface area contributed by atoms with Crippen LogP contribution in [-0.4, -0.2) is 20.1 Å². The zero-order valence-electron chi connectivity index (χ0n) is 10.3. The van der Waals surface area contributed by atoms with Gasteiger partial charge in [-0.1, -0.05) is 69.6 Å². The molecule has 0 aliphatic heterocycles. The van der Waals surface area contributed by atoms with Crippen LogP contribution in [0.1, 0.15) is 23.2 Å². The van der Waals surface area contributed by atoms with Crippen molar-refractivity contribution < 1.29 is 9.52 Å². The van der Waals surface area contributed by atoms with Gasteiger partial charge in [-0.3, -0.25) is 0 Å². The minimum atomic E-state index is -1.93. The lowest BCUT2D eigenvalue weighted by molar-refractivity contribution is 0.454. The smallest absolute Gasteiger partial charge is 0.250 e. The third kappa shape index (κ3) is 4.54. The lowest BCUT2D eigenvalue weighted by atomic mass is 10.3. The number of nitrogens with zero attached hydrogens (tertiary/aromatic N) is 3. The first-order chi connectivity index (χ1) is 10.1. The lowest BCUT2D eigenvalue weighted by Crippen LogP contribution is -2.16. The molecule has 0 aliphatic carbocycles. The first-order valence-electron chi connectivity index (χ1n) is 5.42. The van der Waals surface area contributed by atoms with E-state index in [9.17, 15) is 5.11 Å². The van der Waals surface area contributed by atoms with Crippen LogP contribution >= 0.6 is 69.6 Å². The summed E-state index contributed by atoms with van der Waals surface area (Å²) in [6.07, 6.45) is 4.08. The summed E-state index contributed by atoms with van der Waals surface area (Å²) in [5, 5.41) is 9.47. The topological polar surface area (TPSA) is 72.0 Å². The van der Waals surface area contributed by atoms with E-state index >= 15 is 0 Å². The molecule has 0 saturated carbocycles. The van der Waals surface area contributed by atoms with Gasteiger partial charge in [-0.25, -0.2) is 15.0 Å². The summed E-state index contributed by atoms with van der Waals surface area (Å²) in [6, 6.07) is 1.37. The Bertz CT molecular complexity index is 672. The van der Waals surface area contributed by atoms with Gasteiger partial charge in [-0.2, -0.15) is 0 Å². The second-order valence-corrected chi connectivity index (χ2v) is 8.40. The summed E-state index contributed by atoms with van der Waals surface area (Å²) in [5.41, 5.74) is 0. The predicted molar refractivity (Wildman–Crippen MR) is 87.6 cm³/mol. The van der Waals surface area contributed by atoms with Gasteiger partial charge in [0.25, 0.3) is 0 Å². The third-order valence-corrected chi connectivity index (χ3v) is 3.23. The summed E-state index contributed by atoms with van der Waals surface area (Å²) < 4.78 is 1.16. The zero-order chi connectivity index (χ0) is 16.5. The first-order valence-corrected chi connectivity index (χ1v) is 7.69. The molecule has 22 heavy (non-hydrogen) atoms. The average Bonchev–Trinajstić information content (AvgIpc) is 2.79. The Morgan fingerprint density at radius 3 is 1.86 bits per heavy atom. The van der Waals surface area contributed by atoms with Crippen LogP contribution < -0.4 is 0 Å². The van der Waals surface area contributed by atoms with Gasteiger partial charge in [0, 0.05) is 6.07 Å². The highest BCUT2D eigenvalue weighted by atomic mass is 35.6. The molecule has 2 aromatic heterocycles. The molecule has 118 valence electrons. The van der Waals surface area contributed by atoms with E-state index in [0.29, 0.717) is 0 Å². The number of aromatic nitrogens is 3. The Morgan fingerprint density at radius 2 is 1.45 bits per heavy atom. The number of halogens is 6. The maximum Gasteiger partial charge on any atom is 0.250 e. The van der Waals surface area contributed by atoms with Gasteiger partial charge in [0.2, 0.25) is 7.59 Å². The van der Waals surface area contributed by atoms with E-state index in [1.807, 2.05) is 0 Å². The fraction of sp³-hybridized carbons (Fsp3) is 0.182. The lowest BCUT2D eigenvalue weighted by Gasteiger charge is -2.14. The minimum Gasteiger partial charge on any atom is -0.504 e. The molecule has 0 radical (unpaired) electrons. The molecule has 0 aromatic carbocycles. The quantitative estimate of drug-likeness (QED) is 0.688. The van der Waals surface area contributed by atoms with Crippen LogP contribution in [-0.2, 0) is 7.59 Å². The Kier molecular flexibility index (Phi) is 5.37. The Labute approximate surface area is 154 Å². The molecular formula is C11H5Cl6N3O2. The van der Waals surface area contributed by atoms with Crippen LogP contribution in [0.2, 0.25) is 0 Å². The van der Waals surface area contributed by atoms with Gasteiger partial charge in [0.1, 0.15) is 0 Å². The largest absolute Gasteiger partial charge is 0.504 e. The molecule has 2 heterocycles. The standard InChI is InChI=1S/C11H5Cl6N3O2/c12-10(13,14)8-18-7(19-9(20-8)11(15,16)17)2-1-6-5(21)3-4-22-6/h1-4,21H/b2-1+. The van der Waals surface area contributed by atoms with E-state index in [1.54, 1.807) is 0 Å². The molecule has 0 amide bonds. The first kappa shape index (κ1) is 17.9. The van der Waals surface area contributed by atoms with Crippen molar-refractivity contribution >= 4 is 81.8 Å². The van der Waals surface area contributed by atoms with Crippen LogP contribution in [0.25, 0.3) is 12.2 Å². The van der Waals surface area contributed by atoms with Gasteiger partial charge in [0.15, 0.2) is 29.0 Å². The number of rotatable bonds is 2. The van der Waals surface area contributed by atoms with Crippen molar-refractivity contribution in [3.63, 3.8) is 0 Å². The Morgan fingerprint density at radius 1 is 0.909 bits per heavy atom. The summed E-state index contributed by atoms with van der Waals surface area (Å²) in [4.78, 5) is 11.7. The molecule has 2 aromatic rings. The van der Waals surface area contributed by atoms with E-state index in [1.165, 1.54) is 24.5 Å². The van der Waals surface area contributed by atoms with E-state index in [2.05, 4.69) is 15.0 Å². The predicted octanol–water partition coefficient (Wildman–Crippen LogP) is 4.99. The fourth-order valence-electron chi connectivity index (χ4n) is 1.31. The molecule has 0 spiro atoms. The number of aromatic hydroxyl groups is 1. The van der Waals surface area contributed by atoms with E-state index < -0.39 is 7.59 Å². The molecule has 0 atom stereocenters. The van der Waals surface area contributed by atoms with Crippen LogP contribution in [0, 0.1) is 0 Å². The third-order valence-electron chi connectivity index (χ3n) is 2.22. The van der Waals surface area contributed by atoms with Gasteiger partial charge in [-0.05, 0) is 12.2 Å². The van der Waals surface area contributed by atoms with Crippen LogP contribution in [0.15, 0.2) is 16.7 Å². The Hall–Kier alpha value is -0.430. The van der Waals surface area contributed by atoms with E-state index in [4.69, 9.17) is 74.0 Å². The molecule has 2 rings (SSSR count). The minimum absolute atomic E-state index is 0.0495. The molecule has 11 heteroatoms. The maximum atomic E-state index is 9.47. The average molecular weight is 424 g/mol. The zero-order valence-corrected chi connectivity index (χ0v) is 14.8. The number of hydrogen-bond acceptors (Lipinski definition) is 5. The highest BCUT2D eigenvalue weighted by Crippen LogP contribution is 2.40. The van der Waals surface area contributed by atoms with Crippen LogP contribution in [0.3, 0.4) is 0 Å². The van der Waals surface area contributed by atoms with Crippen molar-refractivity contribution in [3.05, 3.63) is 35.6 Å². The van der Waals surface area contributed by atoms with Crippen molar-refractivity contribution in [2.75, 3.05) is 0 Å². The molecule has 0 unspecified atom stereocenters. The summed E-state index contributed by atoms with van der Waals surface area (Å²) in [5.74, 6) is -0.248. The number of furan rings is 1. The second-order valence-electron chi connectivity index (χ2n) is 3.84. The fourth-order valence-corrected chi connectivity index (χ4v) is 1.82. The summed E-state index contributed by atoms with van der Waals surface area (Å²) in [7, 11) is 0. The van der Waals surface area contributed by atoms with Crippen molar-refractivity contribution in [2.45, 2.75) is 7.59 Å². The van der Waals surface area contributed by atoms with E-state index in [-0.39, 0.29) is 29.0 Å². The number of hydrogen-bond donors (Lipinski definition) is 1. The van der Waals surface area contributed by atoms with Gasteiger partial charge in [-0.15, -0.1) is 0 Å². The monoisotopic (exact) mass is 421 g/mol. The highest BCUT2D eigenvalue weighted by Gasteiger charge is 2.33. The molecule has 0 fully saturated rings.